The van der Waals surface area contributed by atoms with Gasteiger partial charge in [-0.25, -0.2) is 0 Å². The van der Waals surface area contributed by atoms with Gasteiger partial charge < -0.3 is 4.74 Å². The molecule has 0 atom stereocenters. The number of aryl methyl sites for hydroxylation is 1. The first-order chi connectivity index (χ1) is 7.87. The number of rotatable bonds is 3. The Labute approximate surface area is 101 Å². The first-order valence-corrected chi connectivity index (χ1v) is 5.09. The standard InChI is InChI=1S/C10H8ClF3N2O/c1-6-8(2-3-15)9(17-10(12,13)14)4-7(5-11)16-6/h4H,2,5H2,1H3. The molecule has 1 heterocycles. The summed E-state index contributed by atoms with van der Waals surface area (Å²) >= 11 is 5.51. The van der Waals surface area contributed by atoms with Crippen LogP contribution in [0.2, 0.25) is 0 Å². The maximum Gasteiger partial charge on any atom is 0.573 e. The van der Waals surface area contributed by atoms with Gasteiger partial charge in [-0.1, -0.05) is 0 Å². The van der Waals surface area contributed by atoms with Crippen LogP contribution in [0.25, 0.3) is 0 Å². The number of nitriles is 1. The third kappa shape index (κ3) is 3.79. The van der Waals surface area contributed by atoms with E-state index in [1.807, 2.05) is 0 Å². The van der Waals surface area contributed by atoms with Crippen molar-refractivity contribution in [1.82, 2.24) is 4.98 Å². The Morgan fingerprint density at radius 2 is 2.18 bits per heavy atom. The van der Waals surface area contributed by atoms with E-state index in [0.29, 0.717) is 5.69 Å². The van der Waals surface area contributed by atoms with Gasteiger partial charge in [-0.05, 0) is 6.92 Å². The lowest BCUT2D eigenvalue weighted by Gasteiger charge is -2.14. The van der Waals surface area contributed by atoms with Gasteiger partial charge in [0, 0.05) is 17.3 Å². The third-order valence-corrected chi connectivity index (χ3v) is 2.24. The van der Waals surface area contributed by atoms with Crippen molar-refractivity contribution in [3.8, 4) is 11.8 Å². The largest absolute Gasteiger partial charge is 0.573 e. The molecule has 1 rings (SSSR count). The molecule has 92 valence electrons. The molecule has 0 aromatic carbocycles. The number of nitrogens with zero attached hydrogens (tertiary/aromatic N) is 2. The van der Waals surface area contributed by atoms with E-state index >= 15 is 0 Å². The van der Waals surface area contributed by atoms with Crippen molar-refractivity contribution in [3.05, 3.63) is 23.0 Å². The molecule has 0 unspecified atom stereocenters. The van der Waals surface area contributed by atoms with Crippen LogP contribution < -0.4 is 4.74 Å². The van der Waals surface area contributed by atoms with Crippen molar-refractivity contribution in [3.63, 3.8) is 0 Å². The van der Waals surface area contributed by atoms with Gasteiger partial charge in [-0.15, -0.1) is 24.8 Å². The summed E-state index contributed by atoms with van der Waals surface area (Å²) in [6.07, 6.45) is -5.01. The van der Waals surface area contributed by atoms with E-state index in [0.717, 1.165) is 6.07 Å². The monoisotopic (exact) mass is 264 g/mol. The molecule has 1 aromatic rings. The third-order valence-electron chi connectivity index (χ3n) is 1.96. The molecule has 7 heteroatoms. The highest BCUT2D eigenvalue weighted by Gasteiger charge is 2.32. The van der Waals surface area contributed by atoms with E-state index in [1.165, 1.54) is 6.92 Å². The molecule has 0 N–H and O–H groups in total. The molecule has 0 aliphatic heterocycles. The molecule has 17 heavy (non-hydrogen) atoms. The van der Waals surface area contributed by atoms with Crippen LogP contribution in [0.15, 0.2) is 6.07 Å². The zero-order valence-electron chi connectivity index (χ0n) is 8.81. The van der Waals surface area contributed by atoms with Crippen molar-refractivity contribution in [1.29, 1.82) is 5.26 Å². The van der Waals surface area contributed by atoms with Crippen molar-refractivity contribution >= 4 is 11.6 Å². The number of alkyl halides is 4. The molecular formula is C10H8ClF3N2O. The Morgan fingerprint density at radius 3 is 2.65 bits per heavy atom. The van der Waals surface area contributed by atoms with Gasteiger partial charge in [0.2, 0.25) is 0 Å². The van der Waals surface area contributed by atoms with Crippen molar-refractivity contribution < 1.29 is 17.9 Å². The minimum Gasteiger partial charge on any atom is -0.405 e. The topological polar surface area (TPSA) is 45.9 Å². The van der Waals surface area contributed by atoms with Crippen LogP contribution in [0.5, 0.6) is 5.75 Å². The highest BCUT2D eigenvalue weighted by molar-refractivity contribution is 6.16. The van der Waals surface area contributed by atoms with Gasteiger partial charge in [0.05, 0.1) is 24.1 Å². The Hall–Kier alpha value is -1.48. The lowest BCUT2D eigenvalue weighted by molar-refractivity contribution is -0.274. The number of pyridine rings is 1. The number of hydrogen-bond donors (Lipinski definition) is 0. The second-order valence-electron chi connectivity index (χ2n) is 3.19. The molecule has 0 aliphatic carbocycles. The van der Waals surface area contributed by atoms with Gasteiger partial charge in [-0.2, -0.15) is 5.26 Å². The molecule has 0 saturated carbocycles. The van der Waals surface area contributed by atoms with Crippen LogP contribution in [-0.4, -0.2) is 11.3 Å². The van der Waals surface area contributed by atoms with E-state index in [2.05, 4.69) is 9.72 Å². The summed E-state index contributed by atoms with van der Waals surface area (Å²) in [5.41, 5.74) is 0.702. The van der Waals surface area contributed by atoms with Crippen LogP contribution in [-0.2, 0) is 12.3 Å². The van der Waals surface area contributed by atoms with Gasteiger partial charge >= 0.3 is 6.36 Å². The first kappa shape index (κ1) is 13.6. The SMILES string of the molecule is Cc1nc(CCl)cc(OC(F)(F)F)c1CC#N. The molecule has 0 radical (unpaired) electrons. The Kier molecular flexibility index (Phi) is 4.18. The number of aromatic nitrogens is 1. The lowest BCUT2D eigenvalue weighted by Crippen LogP contribution is -2.19. The lowest BCUT2D eigenvalue weighted by atomic mass is 10.1. The Morgan fingerprint density at radius 1 is 1.53 bits per heavy atom. The van der Waals surface area contributed by atoms with E-state index < -0.39 is 12.1 Å². The quantitative estimate of drug-likeness (QED) is 0.788. The molecular weight excluding hydrogens is 257 g/mol. The predicted octanol–water partition coefficient (Wildman–Crippen LogP) is 3.09. The van der Waals surface area contributed by atoms with Gasteiger partial charge in [0.15, 0.2) is 0 Å². The van der Waals surface area contributed by atoms with Gasteiger partial charge in [0.25, 0.3) is 0 Å². The minimum atomic E-state index is -4.80. The molecule has 0 aliphatic rings. The average molecular weight is 265 g/mol. The zero-order chi connectivity index (χ0) is 13.1. The second kappa shape index (κ2) is 5.23. The van der Waals surface area contributed by atoms with Crippen LogP contribution in [0.4, 0.5) is 13.2 Å². The molecule has 1 aromatic heterocycles. The van der Waals surface area contributed by atoms with E-state index in [-0.39, 0.29) is 23.6 Å². The van der Waals surface area contributed by atoms with Crippen molar-refractivity contribution in [2.45, 2.75) is 25.6 Å². The van der Waals surface area contributed by atoms with Crippen LogP contribution >= 0.6 is 11.6 Å². The molecule has 0 amide bonds. The fourth-order valence-electron chi connectivity index (χ4n) is 1.31. The number of halogens is 4. The fourth-order valence-corrected chi connectivity index (χ4v) is 1.45. The van der Waals surface area contributed by atoms with E-state index in [4.69, 9.17) is 16.9 Å². The highest BCUT2D eigenvalue weighted by Crippen LogP contribution is 2.29. The zero-order valence-corrected chi connectivity index (χ0v) is 9.56. The average Bonchev–Trinajstić information content (AvgIpc) is 2.20. The summed E-state index contributed by atoms with van der Waals surface area (Å²) in [5.74, 6) is -0.441. The van der Waals surface area contributed by atoms with Crippen molar-refractivity contribution in [2.75, 3.05) is 0 Å². The van der Waals surface area contributed by atoms with Crippen molar-refractivity contribution in [2.24, 2.45) is 0 Å². The second-order valence-corrected chi connectivity index (χ2v) is 3.46. The Balaban J connectivity index is 3.23. The molecule has 3 nitrogen and oxygen atoms in total. The smallest absolute Gasteiger partial charge is 0.405 e. The van der Waals surface area contributed by atoms with Crippen LogP contribution in [0, 0.1) is 18.3 Å². The predicted molar refractivity (Wildman–Crippen MR) is 54.5 cm³/mol. The summed E-state index contributed by atoms with van der Waals surface area (Å²) < 4.78 is 40.4. The molecule has 0 bridgehead atoms. The summed E-state index contributed by atoms with van der Waals surface area (Å²) in [5, 5.41) is 8.55. The maximum atomic E-state index is 12.2. The van der Waals surface area contributed by atoms with Gasteiger partial charge in [-0.3, -0.25) is 4.98 Å². The first-order valence-electron chi connectivity index (χ1n) is 4.55. The summed E-state index contributed by atoms with van der Waals surface area (Å²) in [6.45, 7) is 1.51. The molecule has 0 saturated heterocycles. The minimum absolute atomic E-state index is 0.0259. The number of hydrogen-bond acceptors (Lipinski definition) is 3. The number of ether oxygens (including phenoxy) is 1. The summed E-state index contributed by atoms with van der Waals surface area (Å²) in [4.78, 5) is 3.97. The molecule has 0 fully saturated rings. The van der Waals surface area contributed by atoms with E-state index in [1.54, 1.807) is 6.07 Å². The normalized spacial score (nSPS) is 11.1. The highest BCUT2D eigenvalue weighted by atomic mass is 35.5. The van der Waals surface area contributed by atoms with Gasteiger partial charge in [0.1, 0.15) is 5.75 Å². The fraction of sp³-hybridized carbons (Fsp3) is 0.400. The Bertz CT molecular complexity index is 454. The van der Waals surface area contributed by atoms with Crippen LogP contribution in [0.3, 0.4) is 0 Å². The summed E-state index contributed by atoms with van der Waals surface area (Å²) in [6, 6.07) is 2.87. The molecule has 0 spiro atoms. The van der Waals surface area contributed by atoms with Crippen LogP contribution in [0.1, 0.15) is 17.0 Å². The maximum absolute atomic E-state index is 12.2. The summed E-state index contributed by atoms with van der Waals surface area (Å²) in [7, 11) is 0. The van der Waals surface area contributed by atoms with E-state index in [9.17, 15) is 13.2 Å².